The summed E-state index contributed by atoms with van der Waals surface area (Å²) < 4.78 is 6.16. The van der Waals surface area contributed by atoms with Crippen LogP contribution in [0.5, 0.6) is 0 Å². The van der Waals surface area contributed by atoms with Gasteiger partial charge in [-0.05, 0) is 34.5 Å². The predicted molar refractivity (Wildman–Crippen MR) is 65.5 cm³/mol. The Balaban J connectivity index is 1.96. The molecule has 88 valence electrons. The van der Waals surface area contributed by atoms with E-state index in [1.807, 2.05) is 13.0 Å². The molecule has 2 N–H and O–H groups in total. The minimum absolute atomic E-state index is 0.398. The molecule has 2 rings (SSSR count). The smallest absolute Gasteiger partial charge is 0.126 e. The van der Waals surface area contributed by atoms with Gasteiger partial charge in [0.1, 0.15) is 11.4 Å². The lowest BCUT2D eigenvalue weighted by Gasteiger charge is -2.21. The SMILES string of the molecule is Cc1cc(NCC2(O)CCOC2)ncc1Br. The van der Waals surface area contributed by atoms with E-state index in [2.05, 4.69) is 26.2 Å². The Morgan fingerprint density at radius 3 is 3.12 bits per heavy atom. The van der Waals surface area contributed by atoms with E-state index in [0.29, 0.717) is 26.2 Å². The number of hydrogen-bond acceptors (Lipinski definition) is 4. The molecule has 0 radical (unpaired) electrons. The van der Waals surface area contributed by atoms with Crippen LogP contribution >= 0.6 is 15.9 Å². The zero-order valence-corrected chi connectivity index (χ0v) is 10.7. The molecule has 1 aromatic rings. The molecule has 5 heteroatoms. The Bertz CT molecular complexity index is 378. The summed E-state index contributed by atoms with van der Waals surface area (Å²) in [5.74, 6) is 0.779. The standard InChI is InChI=1S/C11H15BrN2O2/c1-8-4-10(13-5-9(8)12)14-6-11(15)2-3-16-7-11/h4-5,15H,2-3,6-7H2,1H3,(H,13,14). The number of halogens is 1. The van der Waals surface area contributed by atoms with Gasteiger partial charge in [0.05, 0.1) is 6.61 Å². The molecule has 0 amide bonds. The van der Waals surface area contributed by atoms with Crippen molar-refractivity contribution in [2.75, 3.05) is 25.1 Å². The summed E-state index contributed by atoms with van der Waals surface area (Å²) in [4.78, 5) is 4.22. The maximum Gasteiger partial charge on any atom is 0.126 e. The lowest BCUT2D eigenvalue weighted by molar-refractivity contribution is 0.0381. The molecule has 1 saturated heterocycles. The summed E-state index contributed by atoms with van der Waals surface area (Å²) >= 11 is 3.40. The Kier molecular flexibility index (Phi) is 3.47. The van der Waals surface area contributed by atoms with Crippen LogP contribution in [0.25, 0.3) is 0 Å². The number of aryl methyl sites for hydroxylation is 1. The second kappa shape index (κ2) is 4.69. The molecule has 0 bridgehead atoms. The lowest BCUT2D eigenvalue weighted by Crippen LogP contribution is -2.37. The van der Waals surface area contributed by atoms with Crippen LogP contribution in [0.2, 0.25) is 0 Å². The van der Waals surface area contributed by atoms with E-state index in [4.69, 9.17) is 4.74 Å². The third-order valence-electron chi connectivity index (χ3n) is 2.73. The van der Waals surface area contributed by atoms with Crippen molar-refractivity contribution in [2.24, 2.45) is 0 Å². The summed E-state index contributed by atoms with van der Waals surface area (Å²) in [7, 11) is 0. The van der Waals surface area contributed by atoms with Gasteiger partial charge in [-0.15, -0.1) is 0 Å². The highest BCUT2D eigenvalue weighted by atomic mass is 79.9. The molecule has 0 aliphatic carbocycles. The molecule has 1 fully saturated rings. The summed E-state index contributed by atoms with van der Waals surface area (Å²) in [5, 5.41) is 13.2. The van der Waals surface area contributed by atoms with Gasteiger partial charge in [-0.25, -0.2) is 4.98 Å². The average molecular weight is 287 g/mol. The summed E-state index contributed by atoms with van der Waals surface area (Å²) in [6.45, 7) is 3.51. The van der Waals surface area contributed by atoms with E-state index in [-0.39, 0.29) is 0 Å². The second-order valence-corrected chi connectivity index (χ2v) is 5.05. The minimum atomic E-state index is -0.747. The van der Waals surface area contributed by atoms with Crippen LogP contribution in [0.1, 0.15) is 12.0 Å². The lowest BCUT2D eigenvalue weighted by atomic mass is 10.0. The first-order valence-corrected chi connectivity index (χ1v) is 6.04. The molecular formula is C11H15BrN2O2. The van der Waals surface area contributed by atoms with Crippen LogP contribution in [0.3, 0.4) is 0 Å². The molecule has 2 heterocycles. The first kappa shape index (κ1) is 11.8. The van der Waals surface area contributed by atoms with E-state index in [1.54, 1.807) is 6.20 Å². The van der Waals surface area contributed by atoms with Crippen LogP contribution < -0.4 is 5.32 Å². The number of aromatic nitrogens is 1. The number of aliphatic hydroxyl groups is 1. The van der Waals surface area contributed by atoms with Crippen molar-refractivity contribution in [3.63, 3.8) is 0 Å². The van der Waals surface area contributed by atoms with Gasteiger partial charge >= 0.3 is 0 Å². The van der Waals surface area contributed by atoms with Gasteiger partial charge in [0.2, 0.25) is 0 Å². The van der Waals surface area contributed by atoms with Gasteiger partial charge in [0, 0.05) is 30.2 Å². The number of hydrogen-bond donors (Lipinski definition) is 2. The summed E-state index contributed by atoms with van der Waals surface area (Å²) in [6, 6.07) is 1.95. The molecular weight excluding hydrogens is 272 g/mol. The van der Waals surface area contributed by atoms with Crippen molar-refractivity contribution >= 4 is 21.7 Å². The normalized spacial score (nSPS) is 24.7. The third kappa shape index (κ3) is 2.72. The molecule has 16 heavy (non-hydrogen) atoms. The van der Waals surface area contributed by atoms with Crippen molar-refractivity contribution in [3.05, 3.63) is 22.3 Å². The van der Waals surface area contributed by atoms with Crippen molar-refractivity contribution in [1.29, 1.82) is 0 Å². The maximum atomic E-state index is 10.1. The number of nitrogens with zero attached hydrogens (tertiary/aromatic N) is 1. The fourth-order valence-electron chi connectivity index (χ4n) is 1.63. The third-order valence-corrected chi connectivity index (χ3v) is 3.56. The van der Waals surface area contributed by atoms with Crippen LogP contribution in [-0.2, 0) is 4.74 Å². The highest BCUT2D eigenvalue weighted by molar-refractivity contribution is 9.10. The Morgan fingerprint density at radius 1 is 1.69 bits per heavy atom. The molecule has 1 aliphatic rings. The van der Waals surface area contributed by atoms with Gasteiger partial charge in [-0.3, -0.25) is 0 Å². The van der Waals surface area contributed by atoms with Crippen molar-refractivity contribution in [1.82, 2.24) is 4.98 Å². The molecule has 1 atom stereocenters. The van der Waals surface area contributed by atoms with Gasteiger partial charge in [0.25, 0.3) is 0 Å². The Morgan fingerprint density at radius 2 is 2.50 bits per heavy atom. The largest absolute Gasteiger partial charge is 0.386 e. The molecule has 1 aliphatic heterocycles. The highest BCUT2D eigenvalue weighted by Crippen LogP contribution is 2.20. The van der Waals surface area contributed by atoms with E-state index in [0.717, 1.165) is 15.9 Å². The van der Waals surface area contributed by atoms with Crippen LogP contribution in [-0.4, -0.2) is 35.5 Å². The topological polar surface area (TPSA) is 54.4 Å². The van der Waals surface area contributed by atoms with Gasteiger partial charge in [-0.1, -0.05) is 0 Å². The van der Waals surface area contributed by atoms with Crippen molar-refractivity contribution in [2.45, 2.75) is 18.9 Å². The molecule has 1 unspecified atom stereocenters. The maximum absolute atomic E-state index is 10.1. The Hall–Kier alpha value is -0.650. The van der Waals surface area contributed by atoms with Crippen molar-refractivity contribution in [3.8, 4) is 0 Å². The average Bonchev–Trinajstić information content (AvgIpc) is 2.68. The van der Waals surface area contributed by atoms with E-state index in [1.165, 1.54) is 0 Å². The second-order valence-electron chi connectivity index (χ2n) is 4.20. The van der Waals surface area contributed by atoms with E-state index < -0.39 is 5.60 Å². The van der Waals surface area contributed by atoms with Gasteiger partial charge in [0.15, 0.2) is 0 Å². The summed E-state index contributed by atoms with van der Waals surface area (Å²) in [6.07, 6.45) is 2.43. The van der Waals surface area contributed by atoms with Crippen LogP contribution in [0.4, 0.5) is 5.82 Å². The molecule has 1 aromatic heterocycles. The highest BCUT2D eigenvalue weighted by Gasteiger charge is 2.31. The van der Waals surface area contributed by atoms with E-state index >= 15 is 0 Å². The number of rotatable bonds is 3. The first-order chi connectivity index (χ1) is 7.59. The van der Waals surface area contributed by atoms with Gasteiger partial charge in [-0.2, -0.15) is 0 Å². The molecule has 0 aromatic carbocycles. The quantitative estimate of drug-likeness (QED) is 0.888. The fourth-order valence-corrected chi connectivity index (χ4v) is 1.84. The van der Waals surface area contributed by atoms with Crippen LogP contribution in [0, 0.1) is 6.92 Å². The van der Waals surface area contributed by atoms with Crippen LogP contribution in [0.15, 0.2) is 16.7 Å². The Labute approximate surface area is 103 Å². The predicted octanol–water partition coefficient (Wildman–Crippen LogP) is 1.72. The zero-order chi connectivity index (χ0) is 11.6. The summed E-state index contributed by atoms with van der Waals surface area (Å²) in [5.41, 5.74) is 0.370. The van der Waals surface area contributed by atoms with E-state index in [9.17, 15) is 5.11 Å². The number of ether oxygens (including phenoxy) is 1. The number of nitrogens with one attached hydrogen (secondary N) is 1. The minimum Gasteiger partial charge on any atom is -0.386 e. The first-order valence-electron chi connectivity index (χ1n) is 5.25. The van der Waals surface area contributed by atoms with Crippen molar-refractivity contribution < 1.29 is 9.84 Å². The number of pyridine rings is 1. The zero-order valence-electron chi connectivity index (χ0n) is 9.16. The molecule has 4 nitrogen and oxygen atoms in total. The van der Waals surface area contributed by atoms with Gasteiger partial charge < -0.3 is 15.2 Å². The fraction of sp³-hybridized carbons (Fsp3) is 0.545. The molecule has 0 saturated carbocycles. The number of anilines is 1. The molecule has 0 spiro atoms. The monoisotopic (exact) mass is 286 g/mol.